The van der Waals surface area contributed by atoms with Gasteiger partial charge in [-0.3, -0.25) is 14.4 Å². The number of anilines is 2. The van der Waals surface area contributed by atoms with Crippen LogP contribution in [0.15, 0.2) is 36.4 Å². The Balaban J connectivity index is 1.90. The number of aliphatic hydroxyl groups is 1. The van der Waals surface area contributed by atoms with Crippen molar-refractivity contribution in [2.45, 2.75) is 59.4 Å². The highest BCUT2D eigenvalue weighted by Gasteiger charge is 2.57. The fourth-order valence-corrected chi connectivity index (χ4v) is 5.86. The van der Waals surface area contributed by atoms with Gasteiger partial charge < -0.3 is 25.0 Å². The Kier molecular flexibility index (Phi) is 10.6. The number of allylic oxidation sites excluding steroid dienone is 1. The van der Waals surface area contributed by atoms with Crippen LogP contribution in [0.5, 0.6) is 0 Å². The molecule has 1 aliphatic carbocycles. The number of nitrogens with zero attached hydrogens (tertiary/aromatic N) is 2. The molecule has 3 rings (SSSR count). The Morgan fingerprint density at radius 3 is 2.35 bits per heavy atom. The molecule has 204 valence electrons. The van der Waals surface area contributed by atoms with Crippen LogP contribution in [0.25, 0.3) is 0 Å². The average molecular weight is 514 g/mol. The van der Waals surface area contributed by atoms with E-state index in [2.05, 4.69) is 31.0 Å². The lowest BCUT2D eigenvalue weighted by Crippen LogP contribution is -2.44. The highest BCUT2D eigenvalue weighted by molar-refractivity contribution is 6.01. The standard InChI is InChI=1S/C29H43N3O5/c1-5-11-20-12-17-23-25(24(20)29(36)37-8-4)28(35)32(18-9-10-19-33)26(23)27(34)30-21-13-15-22(16-14-21)31(6-2)7-3/h12-17,20,23-26,33H,5-11,18-19H2,1-4H3,(H,30,34)/t20-,23+,24-,25+,26+/m1/s1. The van der Waals surface area contributed by atoms with Gasteiger partial charge in [0.15, 0.2) is 0 Å². The number of nitrogens with one attached hydrogen (secondary N) is 1. The highest BCUT2D eigenvalue weighted by atomic mass is 16.5. The maximum Gasteiger partial charge on any atom is 0.310 e. The van der Waals surface area contributed by atoms with Crippen LogP contribution in [-0.4, -0.2) is 66.7 Å². The lowest BCUT2D eigenvalue weighted by atomic mass is 9.69. The van der Waals surface area contributed by atoms with Gasteiger partial charge in [-0.25, -0.2) is 0 Å². The zero-order valence-corrected chi connectivity index (χ0v) is 22.7. The van der Waals surface area contributed by atoms with Crippen molar-refractivity contribution in [2.75, 3.05) is 43.1 Å². The topological polar surface area (TPSA) is 99.2 Å². The average Bonchev–Trinajstić information content (AvgIpc) is 3.17. The normalized spacial score (nSPS) is 24.6. The number of hydrogen-bond acceptors (Lipinski definition) is 6. The Bertz CT molecular complexity index is 943. The molecule has 1 aromatic carbocycles. The van der Waals surface area contributed by atoms with Crippen molar-refractivity contribution in [3.8, 4) is 0 Å². The summed E-state index contributed by atoms with van der Waals surface area (Å²) in [4.78, 5) is 44.4. The number of aliphatic hydroxyl groups excluding tert-OH is 1. The predicted molar refractivity (Wildman–Crippen MR) is 145 cm³/mol. The summed E-state index contributed by atoms with van der Waals surface area (Å²) in [5.74, 6) is -2.55. The summed E-state index contributed by atoms with van der Waals surface area (Å²) < 4.78 is 5.41. The molecule has 0 radical (unpaired) electrons. The van der Waals surface area contributed by atoms with Crippen molar-refractivity contribution >= 4 is 29.2 Å². The maximum atomic E-state index is 13.8. The van der Waals surface area contributed by atoms with E-state index in [0.29, 0.717) is 25.1 Å². The second-order valence-electron chi connectivity index (χ2n) is 9.83. The van der Waals surface area contributed by atoms with E-state index in [1.54, 1.807) is 11.8 Å². The molecular formula is C29H43N3O5. The van der Waals surface area contributed by atoms with Crippen LogP contribution in [0.4, 0.5) is 11.4 Å². The van der Waals surface area contributed by atoms with Crippen LogP contribution in [0.1, 0.15) is 53.4 Å². The molecule has 2 N–H and O–H groups in total. The lowest BCUT2D eigenvalue weighted by molar-refractivity contribution is -0.155. The first-order chi connectivity index (χ1) is 17.9. The Hall–Kier alpha value is -2.87. The summed E-state index contributed by atoms with van der Waals surface area (Å²) in [6.07, 6.45) is 6.75. The minimum absolute atomic E-state index is 0.0224. The van der Waals surface area contributed by atoms with Gasteiger partial charge in [-0.15, -0.1) is 0 Å². The van der Waals surface area contributed by atoms with E-state index in [9.17, 15) is 19.5 Å². The van der Waals surface area contributed by atoms with E-state index in [4.69, 9.17) is 4.74 Å². The van der Waals surface area contributed by atoms with Crippen LogP contribution < -0.4 is 10.2 Å². The van der Waals surface area contributed by atoms with Crippen molar-refractivity contribution < 1.29 is 24.2 Å². The molecule has 37 heavy (non-hydrogen) atoms. The summed E-state index contributed by atoms with van der Waals surface area (Å²) in [7, 11) is 0. The summed E-state index contributed by atoms with van der Waals surface area (Å²) >= 11 is 0. The number of benzene rings is 1. The molecule has 2 aliphatic rings. The SMILES string of the molecule is CCC[C@@H]1C=C[C@H]2[C@H](C(=O)N(CCCCO)[C@@H]2C(=O)Nc2ccc(N(CC)CC)cc2)[C@@H]1C(=O)OCC. The van der Waals surface area contributed by atoms with Gasteiger partial charge in [-0.2, -0.15) is 0 Å². The second kappa shape index (κ2) is 13.6. The van der Waals surface area contributed by atoms with Crippen LogP contribution >= 0.6 is 0 Å². The first-order valence-electron chi connectivity index (χ1n) is 13.8. The number of rotatable bonds is 13. The number of amides is 2. The molecule has 8 nitrogen and oxygen atoms in total. The number of unbranched alkanes of at least 4 members (excludes halogenated alkanes) is 1. The molecule has 1 fully saturated rings. The third-order valence-electron chi connectivity index (χ3n) is 7.63. The molecule has 2 amide bonds. The van der Waals surface area contributed by atoms with Gasteiger partial charge in [0.25, 0.3) is 0 Å². The van der Waals surface area contributed by atoms with Gasteiger partial charge in [0.1, 0.15) is 6.04 Å². The van der Waals surface area contributed by atoms with Crippen LogP contribution in [0.2, 0.25) is 0 Å². The van der Waals surface area contributed by atoms with Gasteiger partial charge in [0.05, 0.1) is 18.4 Å². The fourth-order valence-electron chi connectivity index (χ4n) is 5.86. The molecule has 0 aromatic heterocycles. The molecule has 5 atom stereocenters. The third-order valence-corrected chi connectivity index (χ3v) is 7.63. The first kappa shape index (κ1) is 28.7. The van der Waals surface area contributed by atoms with Gasteiger partial charge in [0.2, 0.25) is 11.8 Å². The Morgan fingerprint density at radius 2 is 1.76 bits per heavy atom. The molecule has 0 saturated carbocycles. The minimum atomic E-state index is -0.727. The van der Waals surface area contributed by atoms with Crippen molar-refractivity contribution in [1.29, 1.82) is 0 Å². The molecule has 8 heteroatoms. The van der Waals surface area contributed by atoms with Crippen LogP contribution in [0, 0.1) is 23.7 Å². The van der Waals surface area contributed by atoms with E-state index in [-0.39, 0.29) is 36.9 Å². The number of ether oxygens (including phenoxy) is 1. The summed E-state index contributed by atoms with van der Waals surface area (Å²) in [6.45, 7) is 10.4. The molecule has 0 unspecified atom stereocenters. The van der Waals surface area contributed by atoms with Crippen molar-refractivity contribution in [3.63, 3.8) is 0 Å². The number of carbonyl (C=O) groups is 3. The third kappa shape index (κ3) is 6.35. The molecular weight excluding hydrogens is 470 g/mol. The molecule has 1 aliphatic heterocycles. The van der Waals surface area contributed by atoms with Crippen LogP contribution in [-0.2, 0) is 19.1 Å². The number of esters is 1. The largest absolute Gasteiger partial charge is 0.466 e. The zero-order chi connectivity index (χ0) is 26.9. The maximum absolute atomic E-state index is 13.8. The predicted octanol–water partition coefficient (Wildman–Crippen LogP) is 3.85. The van der Waals surface area contributed by atoms with Crippen molar-refractivity contribution in [2.24, 2.45) is 23.7 Å². The molecule has 1 aromatic rings. The number of hydrogen-bond donors (Lipinski definition) is 2. The Morgan fingerprint density at radius 1 is 1.05 bits per heavy atom. The van der Waals surface area contributed by atoms with Gasteiger partial charge in [0, 0.05) is 43.5 Å². The Labute approximate surface area is 221 Å². The van der Waals surface area contributed by atoms with Gasteiger partial charge >= 0.3 is 5.97 Å². The van der Waals surface area contributed by atoms with E-state index < -0.39 is 23.8 Å². The minimum Gasteiger partial charge on any atom is -0.466 e. The fraction of sp³-hybridized carbons (Fsp3) is 0.621. The highest BCUT2D eigenvalue weighted by Crippen LogP contribution is 2.46. The van der Waals surface area contributed by atoms with E-state index in [0.717, 1.165) is 31.6 Å². The van der Waals surface area contributed by atoms with Crippen LogP contribution in [0.3, 0.4) is 0 Å². The summed E-state index contributed by atoms with van der Waals surface area (Å²) in [6, 6.07) is 7.00. The molecule has 1 heterocycles. The summed E-state index contributed by atoms with van der Waals surface area (Å²) in [5.41, 5.74) is 1.75. The molecule has 0 bridgehead atoms. The zero-order valence-electron chi connectivity index (χ0n) is 22.7. The smallest absolute Gasteiger partial charge is 0.310 e. The van der Waals surface area contributed by atoms with Gasteiger partial charge in [-0.1, -0.05) is 25.5 Å². The summed E-state index contributed by atoms with van der Waals surface area (Å²) in [5, 5.41) is 12.3. The van der Waals surface area contributed by atoms with E-state index in [1.165, 1.54) is 0 Å². The molecule has 0 spiro atoms. The monoisotopic (exact) mass is 513 g/mol. The van der Waals surface area contributed by atoms with Crippen molar-refractivity contribution in [3.05, 3.63) is 36.4 Å². The lowest BCUT2D eigenvalue weighted by Gasteiger charge is -2.33. The van der Waals surface area contributed by atoms with E-state index in [1.807, 2.05) is 36.4 Å². The van der Waals surface area contributed by atoms with Gasteiger partial charge in [-0.05, 0) is 70.2 Å². The van der Waals surface area contributed by atoms with E-state index >= 15 is 0 Å². The quantitative estimate of drug-likeness (QED) is 0.236. The number of likely N-dealkylation sites (tertiary alicyclic amines) is 1. The molecule has 1 saturated heterocycles. The first-order valence-corrected chi connectivity index (χ1v) is 13.8. The number of fused-ring (bicyclic) bond motifs is 1. The van der Waals surface area contributed by atoms with Crippen molar-refractivity contribution in [1.82, 2.24) is 4.90 Å². The number of carbonyl (C=O) groups excluding carboxylic acids is 3. The second-order valence-corrected chi connectivity index (χ2v) is 9.83.